The molecule has 12 heteroatoms. The first-order valence-electron chi connectivity index (χ1n) is 16.4. The SMILES string of the molecule is CC(CCC(=O)NC(CCC1(C)N=N1)C(=O)NCN=[N+]=[N-])C1CCC2C3C(O)CC4CC(O)CCC4(C)C3CC(O)C12C. The Labute approximate surface area is 254 Å². The molecule has 0 aromatic rings. The number of nitrogens with one attached hydrogen (secondary N) is 2. The third kappa shape index (κ3) is 6.17. The number of hydrogen-bond donors (Lipinski definition) is 5. The fourth-order valence-electron chi connectivity index (χ4n) is 10.1. The van der Waals surface area contributed by atoms with Gasteiger partial charge >= 0.3 is 0 Å². The van der Waals surface area contributed by atoms with Gasteiger partial charge in [0.2, 0.25) is 11.8 Å². The second-order valence-electron chi connectivity index (χ2n) is 15.0. The van der Waals surface area contributed by atoms with Crippen LogP contribution >= 0.6 is 0 Å². The minimum absolute atomic E-state index is 0.0378. The summed E-state index contributed by atoms with van der Waals surface area (Å²) in [5, 5.41) is 50.4. The van der Waals surface area contributed by atoms with Gasteiger partial charge in [-0.15, -0.1) is 0 Å². The van der Waals surface area contributed by atoms with E-state index in [1.54, 1.807) is 0 Å². The van der Waals surface area contributed by atoms with E-state index in [0.29, 0.717) is 31.6 Å². The number of aliphatic hydroxyl groups excluding tert-OH is 3. The molecule has 1 aliphatic heterocycles. The van der Waals surface area contributed by atoms with Crippen molar-refractivity contribution in [1.29, 1.82) is 0 Å². The summed E-state index contributed by atoms with van der Waals surface area (Å²) in [6.45, 7) is 8.41. The van der Waals surface area contributed by atoms with Gasteiger partial charge < -0.3 is 26.0 Å². The van der Waals surface area contributed by atoms with Crippen LogP contribution in [0.4, 0.5) is 0 Å². The van der Waals surface area contributed by atoms with Crippen molar-refractivity contribution in [2.45, 2.75) is 128 Å². The Morgan fingerprint density at radius 2 is 1.79 bits per heavy atom. The molecule has 0 radical (unpaired) electrons. The number of carbonyl (C=O) groups is 2. The van der Waals surface area contributed by atoms with Crippen molar-refractivity contribution in [3.8, 4) is 0 Å². The van der Waals surface area contributed by atoms with Gasteiger partial charge in [0.25, 0.3) is 0 Å². The van der Waals surface area contributed by atoms with Crippen molar-refractivity contribution in [3.63, 3.8) is 0 Å². The van der Waals surface area contributed by atoms with Gasteiger partial charge in [0.1, 0.15) is 6.04 Å². The Bertz CT molecular complexity index is 1140. The van der Waals surface area contributed by atoms with Crippen LogP contribution in [0.25, 0.3) is 10.4 Å². The van der Waals surface area contributed by atoms with Gasteiger partial charge in [0, 0.05) is 11.3 Å². The van der Waals surface area contributed by atoms with Gasteiger partial charge in [-0.25, -0.2) is 0 Å². The van der Waals surface area contributed by atoms with Gasteiger partial charge in [-0.3, -0.25) is 9.59 Å². The Morgan fingerprint density at radius 3 is 2.49 bits per heavy atom. The first-order chi connectivity index (χ1) is 20.3. The van der Waals surface area contributed by atoms with Crippen molar-refractivity contribution in [1.82, 2.24) is 10.6 Å². The van der Waals surface area contributed by atoms with Crippen LogP contribution in [0.3, 0.4) is 0 Å². The molecule has 0 spiro atoms. The van der Waals surface area contributed by atoms with E-state index in [1.165, 1.54) is 0 Å². The third-order valence-corrected chi connectivity index (χ3v) is 12.7. The molecule has 1 heterocycles. The zero-order valence-electron chi connectivity index (χ0n) is 26.2. The Balaban J connectivity index is 1.21. The molecule has 43 heavy (non-hydrogen) atoms. The van der Waals surface area contributed by atoms with E-state index < -0.39 is 29.8 Å². The van der Waals surface area contributed by atoms with Crippen molar-refractivity contribution in [2.75, 3.05) is 6.67 Å². The molecule has 0 aromatic heterocycles. The average Bonchev–Trinajstić information content (AvgIpc) is 3.59. The van der Waals surface area contributed by atoms with Crippen molar-refractivity contribution in [3.05, 3.63) is 10.4 Å². The fourth-order valence-corrected chi connectivity index (χ4v) is 10.1. The highest BCUT2D eigenvalue weighted by Gasteiger charge is 2.65. The van der Waals surface area contributed by atoms with E-state index in [4.69, 9.17) is 5.53 Å². The number of rotatable bonds is 11. The molecule has 5 N–H and O–H groups in total. The number of hydrogen-bond acceptors (Lipinski definition) is 8. The standard InChI is InChI=1S/C31H51N7O5/c1-17(5-8-26(42)35-23(10-12-30(3)36-37-30)28(43)33-16-34-38-32)20-6-7-21-27-22(15-25(41)31(20,21)4)29(2)11-9-19(39)13-18(29)14-24(27)40/h17-25,27,39-41H,5-16H2,1-4H3,(H,33,43)(H,35,42). The maximum absolute atomic E-state index is 13.1. The molecule has 12 unspecified atom stereocenters. The second-order valence-corrected chi connectivity index (χ2v) is 15.0. The highest BCUT2D eigenvalue weighted by molar-refractivity contribution is 5.87. The summed E-state index contributed by atoms with van der Waals surface area (Å²) in [6, 6.07) is -0.774. The summed E-state index contributed by atoms with van der Waals surface area (Å²) >= 11 is 0. The van der Waals surface area contributed by atoms with E-state index in [2.05, 4.69) is 51.7 Å². The van der Waals surface area contributed by atoms with Crippen molar-refractivity contribution < 1.29 is 24.9 Å². The Kier molecular flexibility index (Phi) is 9.16. The summed E-state index contributed by atoms with van der Waals surface area (Å²) in [5.41, 5.74) is 7.72. The summed E-state index contributed by atoms with van der Waals surface area (Å²) < 4.78 is 0. The lowest BCUT2D eigenvalue weighted by Gasteiger charge is -2.63. The van der Waals surface area contributed by atoms with Crippen LogP contribution in [0.5, 0.6) is 0 Å². The molecule has 4 aliphatic carbocycles. The van der Waals surface area contributed by atoms with E-state index in [-0.39, 0.29) is 65.5 Å². The minimum Gasteiger partial charge on any atom is -0.393 e. The van der Waals surface area contributed by atoms with Crippen molar-refractivity contribution >= 4 is 11.8 Å². The number of azide groups is 1. The smallest absolute Gasteiger partial charge is 0.242 e. The van der Waals surface area contributed by atoms with Crippen LogP contribution in [0.2, 0.25) is 0 Å². The zero-order chi connectivity index (χ0) is 31.2. The topological polar surface area (TPSA) is 192 Å². The number of amides is 2. The lowest BCUT2D eigenvalue weighted by atomic mass is 9.43. The molecular weight excluding hydrogens is 550 g/mol. The molecule has 12 nitrogen and oxygen atoms in total. The largest absolute Gasteiger partial charge is 0.393 e. The van der Waals surface area contributed by atoms with Crippen LogP contribution in [-0.2, 0) is 9.59 Å². The van der Waals surface area contributed by atoms with Crippen LogP contribution in [0.1, 0.15) is 98.3 Å². The van der Waals surface area contributed by atoms with Gasteiger partial charge in [-0.2, -0.15) is 10.2 Å². The Morgan fingerprint density at radius 1 is 1.05 bits per heavy atom. The highest BCUT2D eigenvalue weighted by atomic mass is 16.3. The van der Waals surface area contributed by atoms with E-state index >= 15 is 0 Å². The summed E-state index contributed by atoms with van der Waals surface area (Å²) in [5.74, 6) is 0.720. The van der Waals surface area contributed by atoms with E-state index in [9.17, 15) is 24.9 Å². The quantitative estimate of drug-likeness (QED) is 0.134. The normalized spacial score (nSPS) is 41.9. The number of fused-ring (bicyclic) bond motifs is 5. The maximum atomic E-state index is 13.1. The van der Waals surface area contributed by atoms with Gasteiger partial charge in [-0.1, -0.05) is 25.9 Å². The van der Waals surface area contributed by atoms with E-state index in [1.807, 2.05) is 6.92 Å². The molecule has 4 fully saturated rings. The molecule has 4 saturated carbocycles. The summed E-state index contributed by atoms with van der Waals surface area (Å²) in [7, 11) is 0. The maximum Gasteiger partial charge on any atom is 0.242 e. The number of nitrogens with zero attached hydrogens (tertiary/aromatic N) is 5. The molecule has 5 rings (SSSR count). The number of aliphatic hydroxyl groups is 3. The lowest BCUT2D eigenvalue weighted by molar-refractivity contribution is -0.207. The second kappa shape index (κ2) is 12.3. The van der Waals surface area contributed by atoms with Gasteiger partial charge in [0.15, 0.2) is 5.66 Å². The third-order valence-electron chi connectivity index (χ3n) is 12.7. The average molecular weight is 602 g/mol. The molecule has 0 saturated heterocycles. The van der Waals surface area contributed by atoms with E-state index in [0.717, 1.165) is 38.5 Å². The predicted octanol–water partition coefficient (Wildman–Crippen LogP) is 4.20. The minimum atomic E-state index is -0.774. The Hall–Kier alpha value is -2.27. The van der Waals surface area contributed by atoms with Crippen LogP contribution in [0.15, 0.2) is 15.3 Å². The molecule has 12 atom stereocenters. The van der Waals surface area contributed by atoms with Crippen LogP contribution < -0.4 is 10.6 Å². The lowest BCUT2D eigenvalue weighted by Crippen LogP contribution is -2.62. The zero-order valence-corrected chi connectivity index (χ0v) is 26.2. The highest BCUT2D eigenvalue weighted by Crippen LogP contribution is 2.68. The molecule has 2 amide bonds. The molecule has 0 bridgehead atoms. The van der Waals surface area contributed by atoms with Crippen LogP contribution in [-0.4, -0.2) is 63.8 Å². The van der Waals surface area contributed by atoms with Gasteiger partial charge in [0.05, 0.1) is 25.0 Å². The summed E-state index contributed by atoms with van der Waals surface area (Å²) in [6.07, 6.45) is 6.46. The monoisotopic (exact) mass is 601 g/mol. The first kappa shape index (κ1) is 32.1. The molecular formula is C31H51N7O5. The van der Waals surface area contributed by atoms with Gasteiger partial charge in [-0.05, 0) is 123 Å². The summed E-state index contributed by atoms with van der Waals surface area (Å²) in [4.78, 5) is 28.4. The molecule has 0 aromatic carbocycles. The van der Waals surface area contributed by atoms with Crippen LogP contribution in [0, 0.1) is 46.3 Å². The molecule has 5 aliphatic rings. The number of carbonyl (C=O) groups excluding carboxylic acids is 2. The first-order valence-corrected chi connectivity index (χ1v) is 16.4. The fraction of sp³-hybridized carbons (Fsp3) is 0.935. The molecule has 240 valence electrons. The van der Waals surface area contributed by atoms with Crippen molar-refractivity contribution in [2.24, 2.45) is 61.7 Å². The predicted molar refractivity (Wildman–Crippen MR) is 159 cm³/mol.